The van der Waals surface area contributed by atoms with Gasteiger partial charge in [-0.05, 0) is 58.1 Å². The highest BCUT2D eigenvalue weighted by Crippen LogP contribution is 2.33. The van der Waals surface area contributed by atoms with E-state index in [9.17, 15) is 14.4 Å². The van der Waals surface area contributed by atoms with E-state index in [4.69, 9.17) is 9.47 Å². The van der Waals surface area contributed by atoms with E-state index < -0.39 is 17.8 Å². The molecule has 0 aliphatic rings. The molecule has 2 amide bonds. The average Bonchev–Trinajstić information content (AvgIpc) is 3.07. The molecule has 3 rings (SSSR count). The minimum absolute atomic E-state index is 0.0807. The zero-order chi connectivity index (χ0) is 35.7. The Morgan fingerprint density at radius 2 is 1.06 bits per heavy atom. The van der Waals surface area contributed by atoms with E-state index >= 15 is 0 Å². The summed E-state index contributed by atoms with van der Waals surface area (Å²) in [5.74, 6) is -0.768. The molecule has 0 unspecified atom stereocenters. The van der Waals surface area contributed by atoms with Crippen molar-refractivity contribution in [3.63, 3.8) is 0 Å². The first-order valence-corrected chi connectivity index (χ1v) is 17.9. The summed E-state index contributed by atoms with van der Waals surface area (Å²) < 4.78 is 11.5. The maximum Gasteiger partial charge on any atom is 0.325 e. The van der Waals surface area contributed by atoms with E-state index in [1.54, 1.807) is 0 Å². The molecule has 7 heteroatoms. The number of carbonyl (C=O) groups excluding carboxylic acids is 3. The van der Waals surface area contributed by atoms with E-state index in [1.807, 2.05) is 60.7 Å². The smallest absolute Gasteiger partial charge is 0.325 e. The molecule has 0 bridgehead atoms. The fraction of sp³-hybridized carbons (Fsp3) is 0.500. The number of esters is 1. The first-order chi connectivity index (χ1) is 23.3. The quantitative estimate of drug-likeness (QED) is 0.0987. The largest absolute Gasteiger partial charge is 0.494 e. The molecule has 0 aliphatic heterocycles. The molecule has 0 atom stereocenters. The molecule has 3 aromatic carbocycles. The minimum atomic E-state index is -0.538. The molecule has 49 heavy (non-hydrogen) atoms. The molecule has 0 saturated heterocycles. The van der Waals surface area contributed by atoms with Crippen molar-refractivity contribution in [1.82, 2.24) is 10.6 Å². The summed E-state index contributed by atoms with van der Waals surface area (Å²) >= 11 is 0. The molecule has 0 aliphatic carbocycles. The van der Waals surface area contributed by atoms with E-state index in [0.29, 0.717) is 6.61 Å². The Kier molecular flexibility index (Phi) is 15.9. The van der Waals surface area contributed by atoms with Crippen LogP contribution in [0.2, 0.25) is 0 Å². The van der Waals surface area contributed by atoms with Crippen LogP contribution in [0.25, 0.3) is 0 Å². The van der Waals surface area contributed by atoms with E-state index in [-0.39, 0.29) is 29.8 Å². The van der Waals surface area contributed by atoms with Crippen LogP contribution in [0.15, 0.2) is 78.9 Å². The van der Waals surface area contributed by atoms with Gasteiger partial charge in [0.25, 0.3) is 0 Å². The Labute approximate surface area is 294 Å². The lowest BCUT2D eigenvalue weighted by atomic mass is 9.80. The summed E-state index contributed by atoms with van der Waals surface area (Å²) in [6.07, 6.45) is 8.64. The third kappa shape index (κ3) is 14.5. The van der Waals surface area contributed by atoms with Gasteiger partial charge < -0.3 is 20.1 Å². The molecule has 0 fully saturated rings. The molecular formula is C42H58N2O5. The Bertz CT molecular complexity index is 1370. The van der Waals surface area contributed by atoms with Crippen molar-refractivity contribution in [1.29, 1.82) is 0 Å². The van der Waals surface area contributed by atoms with Crippen LogP contribution in [0.5, 0.6) is 5.75 Å². The number of amides is 2. The van der Waals surface area contributed by atoms with Gasteiger partial charge in [0, 0.05) is 0 Å². The number of hydrogen-bond donors (Lipinski definition) is 2. The van der Waals surface area contributed by atoms with Gasteiger partial charge in [-0.2, -0.15) is 0 Å². The van der Waals surface area contributed by atoms with Crippen LogP contribution in [0.4, 0.5) is 0 Å². The lowest BCUT2D eigenvalue weighted by molar-refractivity contribution is -0.144. The van der Waals surface area contributed by atoms with Crippen molar-refractivity contribution >= 4 is 17.8 Å². The zero-order valence-electron chi connectivity index (χ0n) is 30.6. The molecule has 0 spiro atoms. The molecule has 0 saturated carbocycles. The van der Waals surface area contributed by atoms with Crippen molar-refractivity contribution < 1.29 is 23.9 Å². The molecule has 0 heterocycles. The van der Waals surface area contributed by atoms with Crippen LogP contribution in [0.1, 0.15) is 121 Å². The summed E-state index contributed by atoms with van der Waals surface area (Å²) in [5.41, 5.74) is 4.46. The topological polar surface area (TPSA) is 93.7 Å². The summed E-state index contributed by atoms with van der Waals surface area (Å²) in [6.45, 7) is 14.1. The number of hydrogen-bond acceptors (Lipinski definition) is 5. The highest BCUT2D eigenvalue weighted by atomic mass is 16.5. The van der Waals surface area contributed by atoms with Crippen molar-refractivity contribution in [3.05, 3.63) is 101 Å². The van der Waals surface area contributed by atoms with Gasteiger partial charge in [0.2, 0.25) is 11.8 Å². The van der Waals surface area contributed by atoms with E-state index in [1.165, 1.54) is 24.0 Å². The number of unbranched alkanes of at least 4 members (excludes halogenated alkanes) is 7. The number of rotatable bonds is 19. The van der Waals surface area contributed by atoms with Crippen molar-refractivity contribution in [3.8, 4) is 5.75 Å². The Morgan fingerprint density at radius 3 is 1.55 bits per heavy atom. The predicted octanol–water partition coefficient (Wildman–Crippen LogP) is 8.39. The highest BCUT2D eigenvalue weighted by Gasteiger charge is 2.23. The second kappa shape index (κ2) is 19.8. The third-order valence-corrected chi connectivity index (χ3v) is 8.59. The van der Waals surface area contributed by atoms with Gasteiger partial charge in [0.15, 0.2) is 0 Å². The number of carbonyl (C=O) groups is 3. The Balaban J connectivity index is 1.21. The zero-order valence-corrected chi connectivity index (χ0v) is 30.6. The first-order valence-electron chi connectivity index (χ1n) is 17.9. The average molecular weight is 671 g/mol. The summed E-state index contributed by atoms with van der Waals surface area (Å²) in [7, 11) is 0. The minimum Gasteiger partial charge on any atom is -0.494 e. The molecule has 2 N–H and O–H groups in total. The normalized spacial score (nSPS) is 11.7. The van der Waals surface area contributed by atoms with Crippen molar-refractivity contribution in [2.75, 3.05) is 26.3 Å². The van der Waals surface area contributed by atoms with Crippen molar-refractivity contribution in [2.24, 2.45) is 0 Å². The van der Waals surface area contributed by atoms with Gasteiger partial charge in [0.05, 0.1) is 25.7 Å². The van der Waals surface area contributed by atoms with Crippen LogP contribution in [-0.2, 0) is 30.0 Å². The first kappa shape index (κ1) is 39.3. The van der Waals surface area contributed by atoms with Gasteiger partial charge in [0.1, 0.15) is 12.3 Å². The lowest BCUT2D eigenvalue weighted by Crippen LogP contribution is -2.41. The fourth-order valence-electron chi connectivity index (χ4n) is 5.53. The summed E-state index contributed by atoms with van der Waals surface area (Å²) in [6, 6.07) is 25.6. The SMILES string of the molecule is CC(C)(C)c1cc(OCCCCCCCCCCOC(=O)CNC(=O)CNC(=O)C(c2ccccc2)c2ccccc2)cc(C(C)(C)C)c1. The van der Waals surface area contributed by atoms with E-state index in [2.05, 4.69) is 70.4 Å². The van der Waals surface area contributed by atoms with Gasteiger partial charge in [-0.25, -0.2) is 0 Å². The number of nitrogens with one attached hydrogen (secondary N) is 2. The van der Waals surface area contributed by atoms with Gasteiger partial charge >= 0.3 is 5.97 Å². The van der Waals surface area contributed by atoms with Crippen molar-refractivity contribution in [2.45, 2.75) is 110 Å². The maximum atomic E-state index is 13.0. The summed E-state index contributed by atoms with van der Waals surface area (Å²) in [5, 5.41) is 5.24. The molecule has 0 radical (unpaired) electrons. The van der Waals surface area contributed by atoms with Crippen LogP contribution in [0, 0.1) is 0 Å². The predicted molar refractivity (Wildman–Crippen MR) is 198 cm³/mol. The summed E-state index contributed by atoms with van der Waals surface area (Å²) in [4.78, 5) is 37.5. The van der Waals surface area contributed by atoms with Gasteiger partial charge in [-0.1, -0.05) is 147 Å². The maximum absolute atomic E-state index is 13.0. The molecule has 3 aromatic rings. The standard InChI is InChI=1S/C42H58N2O5/c1-41(2,3)34-27-35(42(4,5)6)29-36(28-34)48-25-19-11-9-7-8-10-12-20-26-49-38(46)31-43-37(45)30-44-40(47)39(32-21-15-13-16-22-32)33-23-17-14-18-24-33/h13-18,21-24,27-29,39H,7-12,19-20,25-26,30-31H2,1-6H3,(H,43,45)(H,44,47). The molecule has 266 valence electrons. The number of ether oxygens (including phenoxy) is 2. The van der Waals surface area contributed by atoms with Crippen LogP contribution < -0.4 is 15.4 Å². The second-order valence-corrected chi connectivity index (χ2v) is 14.9. The molecule has 0 aromatic heterocycles. The Hall–Kier alpha value is -4.13. The second-order valence-electron chi connectivity index (χ2n) is 14.9. The van der Waals surface area contributed by atoms with E-state index in [0.717, 1.165) is 62.0 Å². The van der Waals surface area contributed by atoms with Crippen LogP contribution >= 0.6 is 0 Å². The molecular weight excluding hydrogens is 612 g/mol. The highest BCUT2D eigenvalue weighted by molar-refractivity contribution is 5.91. The Morgan fingerprint density at radius 1 is 0.592 bits per heavy atom. The fourth-order valence-corrected chi connectivity index (χ4v) is 5.53. The third-order valence-electron chi connectivity index (χ3n) is 8.59. The lowest BCUT2D eigenvalue weighted by Gasteiger charge is -2.26. The monoisotopic (exact) mass is 670 g/mol. The van der Waals surface area contributed by atoms with Crippen LogP contribution in [0.3, 0.4) is 0 Å². The van der Waals surface area contributed by atoms with Gasteiger partial charge in [-0.3, -0.25) is 14.4 Å². The van der Waals surface area contributed by atoms with Gasteiger partial charge in [-0.15, -0.1) is 0 Å². The number of benzene rings is 3. The molecule has 7 nitrogen and oxygen atoms in total. The van der Waals surface area contributed by atoms with Crippen LogP contribution in [-0.4, -0.2) is 44.1 Å².